The Kier molecular flexibility index (Phi) is 3.02. The molecular formula is C21H19NO2. The van der Waals surface area contributed by atoms with Crippen LogP contribution in [0, 0.1) is 0 Å². The highest BCUT2D eigenvalue weighted by Crippen LogP contribution is 2.32. The Morgan fingerprint density at radius 2 is 1.79 bits per heavy atom. The molecule has 2 aliphatic rings. The summed E-state index contributed by atoms with van der Waals surface area (Å²) in [5, 5.41) is 1.10. The Hall–Kier alpha value is -2.55. The number of benzene rings is 2. The summed E-state index contributed by atoms with van der Waals surface area (Å²) in [6, 6.07) is 14.6. The summed E-state index contributed by atoms with van der Waals surface area (Å²) < 4.78 is 5.49. The first kappa shape index (κ1) is 13.8. The Morgan fingerprint density at radius 3 is 2.71 bits per heavy atom. The summed E-state index contributed by atoms with van der Waals surface area (Å²) in [5.74, 6) is 0. The van der Waals surface area contributed by atoms with Crippen LogP contribution in [0.2, 0.25) is 0 Å². The van der Waals surface area contributed by atoms with E-state index in [0.29, 0.717) is 0 Å². The quantitative estimate of drug-likeness (QED) is 0.673. The third-order valence-electron chi connectivity index (χ3n) is 5.39. The Morgan fingerprint density at radius 1 is 0.958 bits per heavy atom. The second kappa shape index (κ2) is 5.23. The minimum Gasteiger partial charge on any atom is -0.423 e. The maximum atomic E-state index is 12.0. The third-order valence-corrected chi connectivity index (χ3v) is 5.39. The van der Waals surface area contributed by atoms with Crippen molar-refractivity contribution in [3.05, 3.63) is 75.1 Å². The predicted octanol–water partition coefficient (Wildman–Crippen LogP) is 3.84. The number of nitrogens with zero attached hydrogens (tertiary/aromatic N) is 1. The lowest BCUT2D eigenvalue weighted by Crippen LogP contribution is -2.20. The van der Waals surface area contributed by atoms with E-state index in [2.05, 4.69) is 41.3 Å². The van der Waals surface area contributed by atoms with Crippen molar-refractivity contribution in [3.63, 3.8) is 0 Å². The fourth-order valence-corrected chi connectivity index (χ4v) is 4.20. The molecule has 0 atom stereocenters. The van der Waals surface area contributed by atoms with E-state index in [0.717, 1.165) is 48.9 Å². The van der Waals surface area contributed by atoms with E-state index in [-0.39, 0.29) is 5.63 Å². The van der Waals surface area contributed by atoms with E-state index >= 15 is 0 Å². The van der Waals surface area contributed by atoms with Gasteiger partial charge in [0.2, 0.25) is 0 Å². The maximum absolute atomic E-state index is 12.0. The van der Waals surface area contributed by atoms with Gasteiger partial charge in [0.05, 0.1) is 0 Å². The lowest BCUT2D eigenvalue weighted by Gasteiger charge is -2.20. The molecule has 3 aromatic rings. The van der Waals surface area contributed by atoms with Crippen molar-refractivity contribution in [1.29, 1.82) is 0 Å². The van der Waals surface area contributed by atoms with Crippen LogP contribution in [-0.2, 0) is 25.8 Å². The van der Waals surface area contributed by atoms with Gasteiger partial charge >= 0.3 is 5.63 Å². The van der Waals surface area contributed by atoms with Crippen LogP contribution >= 0.6 is 0 Å². The zero-order chi connectivity index (χ0) is 16.1. The summed E-state index contributed by atoms with van der Waals surface area (Å²) in [7, 11) is 0. The van der Waals surface area contributed by atoms with E-state index in [1.54, 1.807) is 6.07 Å². The van der Waals surface area contributed by atoms with Gasteiger partial charge in [0.1, 0.15) is 5.58 Å². The van der Waals surface area contributed by atoms with Gasteiger partial charge in [0, 0.05) is 30.2 Å². The minimum atomic E-state index is -0.247. The number of hydrogen-bond donors (Lipinski definition) is 0. The highest BCUT2D eigenvalue weighted by atomic mass is 16.4. The van der Waals surface area contributed by atoms with E-state index in [4.69, 9.17) is 4.42 Å². The molecule has 1 aliphatic carbocycles. The van der Waals surface area contributed by atoms with Gasteiger partial charge < -0.3 is 9.32 Å². The maximum Gasteiger partial charge on any atom is 0.336 e. The van der Waals surface area contributed by atoms with Crippen molar-refractivity contribution < 1.29 is 4.42 Å². The molecule has 5 rings (SSSR count). The zero-order valence-electron chi connectivity index (χ0n) is 13.5. The van der Waals surface area contributed by atoms with E-state index < -0.39 is 0 Å². The van der Waals surface area contributed by atoms with Gasteiger partial charge in [-0.2, -0.15) is 0 Å². The molecule has 0 fully saturated rings. The van der Waals surface area contributed by atoms with Crippen molar-refractivity contribution in [3.8, 4) is 0 Å². The summed E-state index contributed by atoms with van der Waals surface area (Å²) in [5.41, 5.74) is 7.01. The second-order valence-electron chi connectivity index (χ2n) is 6.86. The van der Waals surface area contributed by atoms with Gasteiger partial charge in [-0.1, -0.05) is 18.2 Å². The molecule has 0 saturated carbocycles. The summed E-state index contributed by atoms with van der Waals surface area (Å²) in [6.45, 7) is 1.77. The van der Waals surface area contributed by atoms with Gasteiger partial charge in [0.15, 0.2) is 0 Å². The Balaban J connectivity index is 1.61. The first-order chi connectivity index (χ1) is 11.8. The third kappa shape index (κ3) is 2.15. The number of para-hydroxylation sites is 1. The van der Waals surface area contributed by atoms with Crippen LogP contribution in [0.5, 0.6) is 0 Å². The van der Waals surface area contributed by atoms with Crippen LogP contribution in [0.4, 0.5) is 5.69 Å². The van der Waals surface area contributed by atoms with Crippen LogP contribution in [0.3, 0.4) is 0 Å². The fourth-order valence-electron chi connectivity index (χ4n) is 4.20. The minimum absolute atomic E-state index is 0.247. The summed E-state index contributed by atoms with van der Waals surface area (Å²) in [6.07, 6.45) is 4.50. The van der Waals surface area contributed by atoms with Crippen molar-refractivity contribution in [1.82, 2.24) is 0 Å². The molecule has 0 saturated heterocycles. The van der Waals surface area contributed by atoms with Crippen LogP contribution in [0.25, 0.3) is 11.0 Å². The first-order valence-electron chi connectivity index (χ1n) is 8.69. The largest absolute Gasteiger partial charge is 0.423 e. The molecule has 2 heterocycles. The molecular weight excluding hydrogens is 298 g/mol. The van der Waals surface area contributed by atoms with Crippen LogP contribution in [-0.4, -0.2) is 6.54 Å². The van der Waals surface area contributed by atoms with Crippen LogP contribution in [0.1, 0.15) is 28.7 Å². The smallest absolute Gasteiger partial charge is 0.336 e. The molecule has 1 aromatic heterocycles. The molecule has 3 heteroatoms. The first-order valence-corrected chi connectivity index (χ1v) is 8.69. The van der Waals surface area contributed by atoms with Gasteiger partial charge in [0.25, 0.3) is 0 Å². The van der Waals surface area contributed by atoms with E-state index in [9.17, 15) is 4.79 Å². The van der Waals surface area contributed by atoms with Crippen LogP contribution < -0.4 is 10.5 Å². The highest BCUT2D eigenvalue weighted by Gasteiger charge is 2.21. The van der Waals surface area contributed by atoms with Gasteiger partial charge in [-0.25, -0.2) is 4.79 Å². The molecule has 3 nitrogen and oxygen atoms in total. The molecule has 1 aliphatic heterocycles. The van der Waals surface area contributed by atoms with E-state index in [1.807, 2.05) is 0 Å². The normalized spacial score (nSPS) is 15.8. The highest BCUT2D eigenvalue weighted by molar-refractivity contribution is 5.82. The standard InChI is InChI=1S/C21H19NO2/c23-21-12-17(13-22-9-8-14-4-1-2-7-19(14)22)18-10-15-5-3-6-16(15)11-20(18)24-21/h1-2,4,7,10-12H,3,5-6,8-9,13H2. The van der Waals surface area contributed by atoms with Gasteiger partial charge in [-0.15, -0.1) is 0 Å². The molecule has 120 valence electrons. The molecule has 24 heavy (non-hydrogen) atoms. The predicted molar refractivity (Wildman–Crippen MR) is 95.7 cm³/mol. The summed E-state index contributed by atoms with van der Waals surface area (Å²) in [4.78, 5) is 14.4. The number of hydrogen-bond acceptors (Lipinski definition) is 3. The van der Waals surface area contributed by atoms with Gasteiger partial charge in [-0.05, 0) is 66.1 Å². The number of anilines is 1. The number of fused-ring (bicyclic) bond motifs is 3. The van der Waals surface area contributed by atoms with Crippen LogP contribution in [0.15, 0.2) is 51.7 Å². The molecule has 0 radical (unpaired) electrons. The molecule has 0 amide bonds. The molecule has 2 aromatic carbocycles. The zero-order valence-corrected chi connectivity index (χ0v) is 13.5. The SMILES string of the molecule is O=c1cc(CN2CCc3ccccc32)c2cc3c(cc2o1)CCC3. The Labute approximate surface area is 140 Å². The average Bonchev–Trinajstić information content (AvgIpc) is 3.20. The average molecular weight is 317 g/mol. The van der Waals surface area contributed by atoms with Gasteiger partial charge in [-0.3, -0.25) is 0 Å². The monoisotopic (exact) mass is 317 g/mol. The fraction of sp³-hybridized carbons (Fsp3) is 0.286. The molecule has 0 bridgehead atoms. The molecule has 0 spiro atoms. The van der Waals surface area contributed by atoms with Crippen molar-refractivity contribution in [2.45, 2.75) is 32.2 Å². The van der Waals surface area contributed by atoms with Crippen molar-refractivity contribution in [2.75, 3.05) is 11.4 Å². The lowest BCUT2D eigenvalue weighted by molar-refractivity contribution is 0.558. The topological polar surface area (TPSA) is 33.5 Å². The number of rotatable bonds is 2. The number of aryl methyl sites for hydroxylation is 2. The molecule has 0 unspecified atom stereocenters. The summed E-state index contributed by atoms with van der Waals surface area (Å²) >= 11 is 0. The lowest BCUT2D eigenvalue weighted by atomic mass is 10.0. The van der Waals surface area contributed by atoms with E-state index in [1.165, 1.54) is 28.8 Å². The van der Waals surface area contributed by atoms with Crippen molar-refractivity contribution in [2.24, 2.45) is 0 Å². The molecule has 0 N–H and O–H groups in total. The second-order valence-corrected chi connectivity index (χ2v) is 6.86. The van der Waals surface area contributed by atoms with Crippen molar-refractivity contribution >= 4 is 16.7 Å². The Bertz CT molecular complexity index is 1000.